The van der Waals surface area contributed by atoms with E-state index in [0.717, 1.165) is 21.9 Å². The van der Waals surface area contributed by atoms with Gasteiger partial charge in [-0.15, -0.1) is 0 Å². The van der Waals surface area contributed by atoms with Crippen molar-refractivity contribution in [2.75, 3.05) is 33.0 Å². The maximum atomic E-state index is 11.8. The lowest BCUT2D eigenvalue weighted by atomic mass is 10.1. The van der Waals surface area contributed by atoms with Gasteiger partial charge in [0.2, 0.25) is 0 Å². The minimum Gasteiger partial charge on any atom is -0.491 e. The summed E-state index contributed by atoms with van der Waals surface area (Å²) in [5.41, 5.74) is 1.91. The number of rotatable bonds is 11. The first-order chi connectivity index (χ1) is 12.4. The molecule has 0 bridgehead atoms. The molecular weight excluding hydrogens is 360 g/mol. The maximum absolute atomic E-state index is 11.8. The standard InChI is InChI=1S/C19H27ClO6/c1-5-24-18(21)16(19(22)25-6-2)7-8-23-9-10-26-15-11-13(3)17(20)14(4)12-15/h11-12,16H,5-10H2,1-4H3. The molecule has 0 atom stereocenters. The first kappa shape index (κ1) is 22.3. The predicted octanol–water partition coefficient (Wildman–Crippen LogP) is 3.48. The van der Waals surface area contributed by atoms with Crippen molar-refractivity contribution in [1.82, 2.24) is 0 Å². The van der Waals surface area contributed by atoms with Gasteiger partial charge < -0.3 is 18.9 Å². The van der Waals surface area contributed by atoms with Crippen LogP contribution in [0.25, 0.3) is 0 Å². The van der Waals surface area contributed by atoms with Crippen LogP contribution in [0.3, 0.4) is 0 Å². The summed E-state index contributed by atoms with van der Waals surface area (Å²) in [7, 11) is 0. The van der Waals surface area contributed by atoms with Gasteiger partial charge in [-0.25, -0.2) is 0 Å². The molecule has 0 unspecified atom stereocenters. The van der Waals surface area contributed by atoms with Crippen molar-refractivity contribution in [3.63, 3.8) is 0 Å². The second kappa shape index (κ2) is 11.8. The summed E-state index contributed by atoms with van der Waals surface area (Å²) < 4.78 is 20.9. The van der Waals surface area contributed by atoms with Crippen molar-refractivity contribution >= 4 is 23.5 Å². The molecule has 1 rings (SSSR count). The Morgan fingerprint density at radius 3 is 2.00 bits per heavy atom. The number of ether oxygens (including phenoxy) is 4. The van der Waals surface area contributed by atoms with Crippen LogP contribution < -0.4 is 4.74 Å². The highest BCUT2D eigenvalue weighted by atomic mass is 35.5. The predicted molar refractivity (Wildman–Crippen MR) is 98.6 cm³/mol. The average molecular weight is 387 g/mol. The molecule has 0 spiro atoms. The molecule has 0 heterocycles. The highest BCUT2D eigenvalue weighted by Gasteiger charge is 2.29. The Morgan fingerprint density at radius 2 is 1.50 bits per heavy atom. The van der Waals surface area contributed by atoms with Gasteiger partial charge in [0.15, 0.2) is 5.92 Å². The number of carbonyl (C=O) groups is 2. The van der Waals surface area contributed by atoms with Crippen LogP contribution in [-0.2, 0) is 23.8 Å². The van der Waals surface area contributed by atoms with Gasteiger partial charge in [-0.1, -0.05) is 11.6 Å². The molecule has 7 heteroatoms. The molecule has 26 heavy (non-hydrogen) atoms. The van der Waals surface area contributed by atoms with Gasteiger partial charge in [0.05, 0.1) is 19.8 Å². The van der Waals surface area contributed by atoms with E-state index in [1.807, 2.05) is 26.0 Å². The van der Waals surface area contributed by atoms with Crippen molar-refractivity contribution in [2.24, 2.45) is 5.92 Å². The lowest BCUT2D eigenvalue weighted by Gasteiger charge is -2.14. The average Bonchev–Trinajstić information content (AvgIpc) is 2.59. The zero-order chi connectivity index (χ0) is 19.5. The van der Waals surface area contributed by atoms with Gasteiger partial charge >= 0.3 is 11.9 Å². The topological polar surface area (TPSA) is 71.1 Å². The number of halogens is 1. The number of esters is 2. The van der Waals surface area contributed by atoms with Gasteiger partial charge in [0.1, 0.15) is 12.4 Å². The monoisotopic (exact) mass is 386 g/mol. The molecule has 0 radical (unpaired) electrons. The summed E-state index contributed by atoms with van der Waals surface area (Å²) in [6, 6.07) is 3.74. The van der Waals surface area contributed by atoms with Crippen molar-refractivity contribution < 1.29 is 28.5 Å². The van der Waals surface area contributed by atoms with Gasteiger partial charge in [-0.05, 0) is 57.4 Å². The third-order valence-electron chi connectivity index (χ3n) is 3.60. The Hall–Kier alpha value is -1.79. The lowest BCUT2D eigenvalue weighted by molar-refractivity contribution is -0.162. The molecule has 0 amide bonds. The van der Waals surface area contributed by atoms with E-state index < -0.39 is 17.9 Å². The quantitative estimate of drug-likeness (QED) is 0.329. The fourth-order valence-corrected chi connectivity index (χ4v) is 2.44. The first-order valence-electron chi connectivity index (χ1n) is 8.71. The van der Waals surface area contributed by atoms with Crippen LogP contribution in [0, 0.1) is 19.8 Å². The molecule has 0 fully saturated rings. The Morgan fingerprint density at radius 1 is 0.962 bits per heavy atom. The molecule has 0 aliphatic heterocycles. The van der Waals surface area contributed by atoms with Crippen LogP contribution in [0.2, 0.25) is 5.02 Å². The van der Waals surface area contributed by atoms with E-state index >= 15 is 0 Å². The van der Waals surface area contributed by atoms with E-state index in [0.29, 0.717) is 13.2 Å². The third kappa shape index (κ3) is 7.22. The largest absolute Gasteiger partial charge is 0.491 e. The van der Waals surface area contributed by atoms with E-state index in [1.165, 1.54) is 0 Å². The molecule has 0 N–H and O–H groups in total. The zero-order valence-electron chi connectivity index (χ0n) is 15.8. The molecule has 0 saturated carbocycles. The van der Waals surface area contributed by atoms with Crippen molar-refractivity contribution in [1.29, 1.82) is 0 Å². The van der Waals surface area contributed by atoms with Crippen molar-refractivity contribution in [3.05, 3.63) is 28.3 Å². The number of hydrogen-bond donors (Lipinski definition) is 0. The van der Waals surface area contributed by atoms with E-state index in [9.17, 15) is 9.59 Å². The summed E-state index contributed by atoms with van der Waals surface area (Å²) in [6.45, 7) is 8.55. The highest BCUT2D eigenvalue weighted by molar-refractivity contribution is 6.32. The normalized spacial score (nSPS) is 10.7. The number of benzene rings is 1. The Kier molecular flexibility index (Phi) is 10.1. The number of aryl methyl sites for hydroxylation is 2. The van der Waals surface area contributed by atoms with Crippen molar-refractivity contribution in [3.8, 4) is 5.75 Å². The summed E-state index contributed by atoms with van der Waals surface area (Å²) >= 11 is 6.12. The SMILES string of the molecule is CCOC(=O)C(CCOCCOc1cc(C)c(Cl)c(C)c1)C(=O)OCC. The van der Waals surface area contributed by atoms with Crippen LogP contribution >= 0.6 is 11.6 Å². The van der Waals surface area contributed by atoms with Crippen LogP contribution in [-0.4, -0.2) is 45.0 Å². The molecule has 1 aromatic carbocycles. The molecule has 0 aromatic heterocycles. The summed E-state index contributed by atoms with van der Waals surface area (Å²) in [5.74, 6) is -1.41. The highest BCUT2D eigenvalue weighted by Crippen LogP contribution is 2.25. The minimum absolute atomic E-state index is 0.205. The second-order valence-corrected chi connectivity index (χ2v) is 6.06. The molecule has 146 valence electrons. The smallest absolute Gasteiger partial charge is 0.320 e. The summed E-state index contributed by atoms with van der Waals surface area (Å²) in [4.78, 5) is 23.7. The fraction of sp³-hybridized carbons (Fsp3) is 0.579. The summed E-state index contributed by atoms with van der Waals surface area (Å²) in [6.07, 6.45) is 0.205. The number of hydrogen-bond acceptors (Lipinski definition) is 6. The van der Waals surface area contributed by atoms with Crippen LogP contribution in [0.1, 0.15) is 31.4 Å². The minimum atomic E-state index is -0.961. The van der Waals surface area contributed by atoms with E-state index in [-0.39, 0.29) is 26.2 Å². The van der Waals surface area contributed by atoms with Gasteiger partial charge in [-0.2, -0.15) is 0 Å². The first-order valence-corrected chi connectivity index (χ1v) is 9.09. The Labute approximate surface area is 159 Å². The van der Waals surface area contributed by atoms with Gasteiger partial charge in [-0.3, -0.25) is 9.59 Å². The van der Waals surface area contributed by atoms with Crippen LogP contribution in [0.4, 0.5) is 0 Å². The summed E-state index contributed by atoms with van der Waals surface area (Å²) in [5, 5.41) is 0.734. The van der Waals surface area contributed by atoms with E-state index in [2.05, 4.69) is 0 Å². The van der Waals surface area contributed by atoms with Crippen LogP contribution in [0.15, 0.2) is 12.1 Å². The lowest BCUT2D eigenvalue weighted by Crippen LogP contribution is -2.29. The molecule has 0 saturated heterocycles. The van der Waals surface area contributed by atoms with Gasteiger partial charge in [0.25, 0.3) is 0 Å². The van der Waals surface area contributed by atoms with E-state index in [1.54, 1.807) is 13.8 Å². The molecule has 1 aromatic rings. The second-order valence-electron chi connectivity index (χ2n) is 5.68. The zero-order valence-corrected chi connectivity index (χ0v) is 16.6. The van der Waals surface area contributed by atoms with E-state index in [4.69, 9.17) is 30.5 Å². The third-order valence-corrected chi connectivity index (χ3v) is 4.20. The van der Waals surface area contributed by atoms with Crippen molar-refractivity contribution in [2.45, 2.75) is 34.1 Å². The molecule has 0 aliphatic rings. The molecule has 6 nitrogen and oxygen atoms in total. The molecule has 0 aliphatic carbocycles. The van der Waals surface area contributed by atoms with Gasteiger partial charge in [0, 0.05) is 11.6 Å². The number of carbonyl (C=O) groups excluding carboxylic acids is 2. The fourth-order valence-electron chi connectivity index (χ4n) is 2.33. The molecular formula is C19H27ClO6. The maximum Gasteiger partial charge on any atom is 0.320 e. The van der Waals surface area contributed by atoms with Crippen LogP contribution in [0.5, 0.6) is 5.75 Å². The Bertz CT molecular complexity index is 561. The Balaban J connectivity index is 2.37.